The third-order valence-electron chi connectivity index (χ3n) is 3.40. The number of aliphatic hydroxyl groups excluding tert-OH is 2. The zero-order valence-electron chi connectivity index (χ0n) is 10.4. The minimum atomic E-state index is -3.57. The molecular formula is C11H11F2IN4O3. The van der Waals surface area contributed by atoms with Gasteiger partial charge in [-0.1, -0.05) is 0 Å². The van der Waals surface area contributed by atoms with E-state index in [1.165, 1.54) is 6.20 Å². The first-order valence-electron chi connectivity index (χ1n) is 5.96. The largest absolute Gasteiger partial charge is 0.394 e. The molecule has 2 aromatic rings. The average Bonchev–Trinajstić information content (AvgIpc) is 2.87. The summed E-state index contributed by atoms with van der Waals surface area (Å²) < 4.78 is 35.1. The van der Waals surface area contributed by atoms with Crippen molar-refractivity contribution in [3.05, 3.63) is 16.1 Å². The van der Waals surface area contributed by atoms with Crippen LogP contribution in [-0.4, -0.2) is 49.5 Å². The van der Waals surface area contributed by atoms with Crippen LogP contribution in [0.15, 0.2) is 12.5 Å². The Morgan fingerprint density at radius 3 is 2.81 bits per heavy atom. The lowest BCUT2D eigenvalue weighted by atomic mass is 10.1. The molecule has 1 aliphatic heterocycles. The molecule has 3 heterocycles. The predicted octanol–water partition coefficient (Wildman–Crippen LogP) is 0.504. The van der Waals surface area contributed by atoms with Crippen molar-refractivity contribution in [2.45, 2.75) is 24.4 Å². The van der Waals surface area contributed by atoms with Crippen LogP contribution >= 0.6 is 22.6 Å². The quantitative estimate of drug-likeness (QED) is 0.621. The monoisotopic (exact) mass is 412 g/mol. The number of ether oxygens (including phenoxy) is 1. The maximum atomic E-state index is 14.2. The van der Waals surface area contributed by atoms with Crippen molar-refractivity contribution in [1.82, 2.24) is 14.5 Å². The van der Waals surface area contributed by atoms with Gasteiger partial charge in [-0.3, -0.25) is 4.57 Å². The molecule has 7 nitrogen and oxygen atoms in total. The molecule has 1 aliphatic rings. The van der Waals surface area contributed by atoms with Gasteiger partial charge in [-0.15, -0.1) is 0 Å². The number of aromatic nitrogens is 3. The van der Waals surface area contributed by atoms with Crippen molar-refractivity contribution in [3.63, 3.8) is 0 Å². The third kappa shape index (κ3) is 2.08. The Bertz CT molecular complexity index is 695. The predicted molar refractivity (Wildman–Crippen MR) is 76.6 cm³/mol. The summed E-state index contributed by atoms with van der Waals surface area (Å²) in [5.74, 6) is -3.40. The summed E-state index contributed by atoms with van der Waals surface area (Å²) in [6, 6.07) is 0. The molecule has 10 heteroatoms. The molecule has 1 fully saturated rings. The minimum absolute atomic E-state index is 0.170. The Morgan fingerprint density at radius 1 is 1.48 bits per heavy atom. The van der Waals surface area contributed by atoms with Crippen molar-refractivity contribution in [1.29, 1.82) is 0 Å². The smallest absolute Gasteiger partial charge is 0.320 e. The number of fused-ring (bicyclic) bond motifs is 1. The van der Waals surface area contributed by atoms with E-state index in [0.717, 1.165) is 10.9 Å². The fourth-order valence-electron chi connectivity index (χ4n) is 2.36. The van der Waals surface area contributed by atoms with Crippen LogP contribution in [-0.2, 0) is 4.74 Å². The first-order chi connectivity index (χ1) is 9.87. The molecule has 2 aromatic heterocycles. The van der Waals surface area contributed by atoms with E-state index in [1.54, 1.807) is 0 Å². The van der Waals surface area contributed by atoms with Crippen molar-refractivity contribution in [2.24, 2.45) is 0 Å². The van der Waals surface area contributed by atoms with Crippen LogP contribution in [0.4, 0.5) is 14.6 Å². The highest BCUT2D eigenvalue weighted by Crippen LogP contribution is 2.44. The first kappa shape index (κ1) is 14.8. The highest BCUT2D eigenvalue weighted by molar-refractivity contribution is 14.1. The number of hydrogen-bond donors (Lipinski definition) is 3. The van der Waals surface area contributed by atoms with Crippen LogP contribution in [0.1, 0.15) is 6.23 Å². The molecule has 0 bridgehead atoms. The van der Waals surface area contributed by atoms with E-state index in [0.29, 0.717) is 8.96 Å². The Balaban J connectivity index is 2.15. The number of halogens is 3. The van der Waals surface area contributed by atoms with Crippen LogP contribution in [0.25, 0.3) is 11.0 Å². The van der Waals surface area contributed by atoms with Gasteiger partial charge in [0.1, 0.15) is 23.9 Å². The first-order valence-corrected chi connectivity index (χ1v) is 7.04. The summed E-state index contributed by atoms with van der Waals surface area (Å²) >= 11 is 1.93. The average molecular weight is 412 g/mol. The second-order valence-electron chi connectivity index (χ2n) is 4.67. The fraction of sp³-hybridized carbons (Fsp3) is 0.455. The van der Waals surface area contributed by atoms with Crippen LogP contribution in [0, 0.1) is 3.57 Å². The number of nitrogens with zero attached hydrogens (tertiary/aromatic N) is 3. The molecule has 114 valence electrons. The Kier molecular flexibility index (Phi) is 3.50. The number of nitrogens with two attached hydrogens (primary N) is 1. The molecule has 0 amide bonds. The lowest BCUT2D eigenvalue weighted by Gasteiger charge is -2.21. The van der Waals surface area contributed by atoms with Gasteiger partial charge in [-0.2, -0.15) is 8.78 Å². The molecular weight excluding hydrogens is 401 g/mol. The fourth-order valence-corrected chi connectivity index (χ4v) is 3.18. The highest BCUT2D eigenvalue weighted by atomic mass is 127. The molecule has 4 N–H and O–H groups in total. The van der Waals surface area contributed by atoms with Crippen LogP contribution < -0.4 is 5.73 Å². The maximum Gasteiger partial charge on any atom is 0.320 e. The van der Waals surface area contributed by atoms with Gasteiger partial charge in [0.05, 0.1) is 12.0 Å². The summed E-state index contributed by atoms with van der Waals surface area (Å²) in [5, 5.41) is 19.0. The van der Waals surface area contributed by atoms with Gasteiger partial charge >= 0.3 is 5.92 Å². The van der Waals surface area contributed by atoms with E-state index in [2.05, 4.69) is 9.97 Å². The van der Waals surface area contributed by atoms with E-state index < -0.39 is 31.0 Å². The highest BCUT2D eigenvalue weighted by Gasteiger charge is 2.59. The zero-order valence-corrected chi connectivity index (χ0v) is 12.6. The summed E-state index contributed by atoms with van der Waals surface area (Å²) in [6.07, 6.45) is -2.66. The van der Waals surface area contributed by atoms with Gasteiger partial charge in [0.2, 0.25) is 6.23 Å². The second kappa shape index (κ2) is 4.97. The number of nitrogen functional groups attached to an aromatic ring is 1. The molecule has 3 atom stereocenters. The van der Waals surface area contributed by atoms with E-state index in [-0.39, 0.29) is 11.5 Å². The van der Waals surface area contributed by atoms with E-state index in [9.17, 15) is 13.9 Å². The van der Waals surface area contributed by atoms with Crippen molar-refractivity contribution >= 4 is 39.4 Å². The minimum Gasteiger partial charge on any atom is -0.394 e. The molecule has 0 spiro atoms. The molecule has 21 heavy (non-hydrogen) atoms. The lowest BCUT2D eigenvalue weighted by Crippen LogP contribution is -2.39. The number of aliphatic hydroxyl groups is 2. The summed E-state index contributed by atoms with van der Waals surface area (Å²) in [5.41, 5.74) is 5.91. The number of rotatable bonds is 2. The second-order valence-corrected chi connectivity index (χ2v) is 5.83. The SMILES string of the molecule is Nc1ncnc2c1c(I)cn2C1O[C@H](CO)[C@@H](O)C1(F)F. The van der Waals surface area contributed by atoms with Crippen molar-refractivity contribution in [2.75, 3.05) is 12.3 Å². The Hall–Kier alpha value is -1.11. The van der Waals surface area contributed by atoms with E-state index in [1.807, 2.05) is 22.6 Å². The summed E-state index contributed by atoms with van der Waals surface area (Å²) in [7, 11) is 0. The van der Waals surface area contributed by atoms with Gasteiger partial charge in [0.25, 0.3) is 0 Å². The van der Waals surface area contributed by atoms with Gasteiger partial charge in [-0.05, 0) is 22.6 Å². The van der Waals surface area contributed by atoms with E-state index in [4.69, 9.17) is 15.6 Å². The number of hydrogen-bond acceptors (Lipinski definition) is 6. The summed E-state index contributed by atoms with van der Waals surface area (Å²) in [6.45, 7) is -0.708. The third-order valence-corrected chi connectivity index (χ3v) is 4.22. The van der Waals surface area contributed by atoms with Crippen LogP contribution in [0.5, 0.6) is 0 Å². The molecule has 3 rings (SSSR count). The molecule has 1 unspecified atom stereocenters. The normalized spacial score (nSPS) is 28.3. The van der Waals surface area contributed by atoms with E-state index >= 15 is 0 Å². The molecule has 0 aliphatic carbocycles. The topological polar surface area (TPSA) is 106 Å². The van der Waals surface area contributed by atoms with Crippen molar-refractivity contribution in [3.8, 4) is 0 Å². The zero-order chi connectivity index (χ0) is 15.4. The van der Waals surface area contributed by atoms with Crippen molar-refractivity contribution < 1.29 is 23.7 Å². The molecule has 0 aromatic carbocycles. The Labute approximate surface area is 130 Å². The standard InChI is InChI=1S/C11H11F2IN4O3/c12-11(13)7(20)5(2-19)21-10(11)18-1-4(14)6-8(15)16-3-17-9(6)18/h1,3,5,7,10,19-20H,2H2,(H2,15,16,17)/t5-,7-,10?/m1/s1. The van der Waals surface area contributed by atoms with Crippen LogP contribution in [0.2, 0.25) is 0 Å². The Morgan fingerprint density at radius 2 is 2.19 bits per heavy atom. The van der Waals surface area contributed by atoms with Crippen LogP contribution in [0.3, 0.4) is 0 Å². The van der Waals surface area contributed by atoms with Gasteiger partial charge in [0, 0.05) is 9.77 Å². The lowest BCUT2D eigenvalue weighted by molar-refractivity contribution is -0.138. The number of anilines is 1. The van der Waals surface area contributed by atoms with Gasteiger partial charge < -0.3 is 20.7 Å². The molecule has 0 radical (unpaired) electrons. The maximum absolute atomic E-state index is 14.2. The summed E-state index contributed by atoms with van der Waals surface area (Å²) in [4.78, 5) is 7.78. The molecule has 0 saturated carbocycles. The number of alkyl halides is 2. The molecule has 1 saturated heterocycles. The van der Waals surface area contributed by atoms with Gasteiger partial charge in [-0.25, -0.2) is 9.97 Å². The van der Waals surface area contributed by atoms with Gasteiger partial charge in [0.15, 0.2) is 6.10 Å².